The fourth-order valence-corrected chi connectivity index (χ4v) is 4.19. The minimum Gasteiger partial charge on any atom is -0.458 e. The number of amides is 7. The lowest BCUT2D eigenvalue weighted by Gasteiger charge is -2.22. The standard InChI is InChI=1S/C34H59N6O11P/c1-24(2)28(41)48-22-26(5)50-32(45)37-18-12-7-10-16-35-30(43)40(21-15-9-14-20-39-34(47)52)31(44)36-17-11-8-13-19-38-33(46)51-27(6)23-49-29(42)25(3)4/h26-27H,1,3,7-23,52H2,2,4-6H3,(H,35,43)(H,36,44)(H,37,45)(H,38,46)(H,39,47). The minimum absolute atomic E-state index is 0.0815. The van der Waals surface area contributed by atoms with Gasteiger partial charge in [-0.2, -0.15) is 0 Å². The van der Waals surface area contributed by atoms with Crippen LogP contribution in [-0.2, 0) is 28.5 Å². The van der Waals surface area contributed by atoms with Crippen molar-refractivity contribution in [3.63, 3.8) is 0 Å². The molecule has 0 aromatic heterocycles. The summed E-state index contributed by atoms with van der Waals surface area (Å²) in [6.07, 6.45) is 3.30. The Kier molecular flexibility index (Phi) is 26.7. The van der Waals surface area contributed by atoms with Gasteiger partial charge in [-0.15, -0.1) is 0 Å². The predicted octanol–water partition coefficient (Wildman–Crippen LogP) is 4.27. The predicted molar refractivity (Wildman–Crippen MR) is 198 cm³/mol. The van der Waals surface area contributed by atoms with Crippen LogP contribution >= 0.6 is 9.24 Å². The molecule has 0 spiro atoms. The third-order valence-corrected chi connectivity index (χ3v) is 7.06. The molecular weight excluding hydrogens is 699 g/mol. The molecule has 3 unspecified atom stereocenters. The van der Waals surface area contributed by atoms with E-state index < -0.39 is 48.4 Å². The van der Waals surface area contributed by atoms with Crippen LogP contribution in [0, 0.1) is 0 Å². The summed E-state index contributed by atoms with van der Waals surface area (Å²) in [6.45, 7) is 15.1. The first-order chi connectivity index (χ1) is 24.6. The lowest BCUT2D eigenvalue weighted by molar-refractivity contribution is -0.142. The Balaban J connectivity index is 4.46. The van der Waals surface area contributed by atoms with Crippen LogP contribution in [0.5, 0.6) is 0 Å². The molecule has 0 aliphatic rings. The number of urea groups is 2. The molecule has 0 aromatic carbocycles. The number of hydrogen-bond donors (Lipinski definition) is 5. The van der Waals surface area contributed by atoms with E-state index >= 15 is 0 Å². The normalized spacial score (nSPS) is 11.5. The van der Waals surface area contributed by atoms with Crippen molar-refractivity contribution in [2.75, 3.05) is 52.5 Å². The highest BCUT2D eigenvalue weighted by atomic mass is 31.0. The summed E-state index contributed by atoms with van der Waals surface area (Å²) in [5.41, 5.74) is 0.307. The van der Waals surface area contributed by atoms with Crippen LogP contribution in [0.4, 0.5) is 24.0 Å². The van der Waals surface area contributed by atoms with E-state index in [-0.39, 0.29) is 36.6 Å². The van der Waals surface area contributed by atoms with Crippen molar-refractivity contribution in [2.24, 2.45) is 0 Å². The smallest absolute Gasteiger partial charge is 0.407 e. The molecule has 296 valence electrons. The zero-order valence-corrected chi connectivity index (χ0v) is 32.3. The van der Waals surface area contributed by atoms with E-state index in [4.69, 9.17) is 18.9 Å². The fourth-order valence-electron chi connectivity index (χ4n) is 4.04. The van der Waals surface area contributed by atoms with E-state index in [0.717, 1.165) is 4.90 Å². The summed E-state index contributed by atoms with van der Waals surface area (Å²) in [5.74, 6) is -1.11. The van der Waals surface area contributed by atoms with E-state index in [1.165, 1.54) is 13.8 Å². The van der Waals surface area contributed by atoms with E-state index in [1.807, 2.05) is 9.24 Å². The van der Waals surface area contributed by atoms with Crippen LogP contribution in [0.25, 0.3) is 0 Å². The van der Waals surface area contributed by atoms with Crippen LogP contribution < -0.4 is 26.6 Å². The molecule has 5 N–H and O–H groups in total. The number of unbranched alkanes of at least 4 members (excludes halogenated alkanes) is 6. The van der Waals surface area contributed by atoms with E-state index in [9.17, 15) is 33.6 Å². The van der Waals surface area contributed by atoms with Gasteiger partial charge in [-0.25, -0.2) is 33.7 Å². The lowest BCUT2D eigenvalue weighted by atomic mass is 10.2. The van der Waals surface area contributed by atoms with Crippen molar-refractivity contribution in [1.29, 1.82) is 0 Å². The summed E-state index contributed by atoms with van der Waals surface area (Å²) in [6, 6.07) is -1.05. The Labute approximate surface area is 309 Å². The first-order valence-corrected chi connectivity index (χ1v) is 18.1. The molecular formula is C34H59N6O11P. The average molecular weight is 759 g/mol. The number of imide groups is 1. The molecule has 0 saturated heterocycles. The number of rotatable bonds is 26. The summed E-state index contributed by atoms with van der Waals surface area (Å²) in [5, 5.41) is 13.5. The van der Waals surface area contributed by atoms with E-state index in [0.29, 0.717) is 90.5 Å². The monoisotopic (exact) mass is 758 g/mol. The van der Waals surface area contributed by atoms with Crippen molar-refractivity contribution in [1.82, 2.24) is 31.5 Å². The number of carbonyl (C=O) groups excluding carboxylic acids is 7. The van der Waals surface area contributed by atoms with Crippen molar-refractivity contribution >= 4 is 51.1 Å². The Morgan fingerprint density at radius 3 is 1.27 bits per heavy atom. The first kappa shape index (κ1) is 47.6. The largest absolute Gasteiger partial charge is 0.458 e. The van der Waals surface area contributed by atoms with Crippen LogP contribution in [0.15, 0.2) is 24.3 Å². The average Bonchev–Trinajstić information content (AvgIpc) is 3.07. The zero-order chi connectivity index (χ0) is 39.3. The van der Waals surface area contributed by atoms with Crippen LogP contribution in [0.2, 0.25) is 0 Å². The van der Waals surface area contributed by atoms with Crippen molar-refractivity contribution in [3.8, 4) is 0 Å². The van der Waals surface area contributed by atoms with Crippen LogP contribution in [-0.4, -0.2) is 111 Å². The molecule has 17 nitrogen and oxygen atoms in total. The number of ether oxygens (including phenoxy) is 4. The van der Waals surface area contributed by atoms with Gasteiger partial charge in [0.15, 0.2) is 0 Å². The first-order valence-electron chi connectivity index (χ1n) is 17.5. The highest BCUT2D eigenvalue weighted by Gasteiger charge is 2.20. The SMILES string of the molecule is C=C(C)C(=O)OCC(C)OC(=O)NCCCCCNC(=O)N(CCCCCNC(=O)P)C(=O)NCCCCCNC(=O)OC(C)COC(=O)C(=C)C. The molecule has 3 atom stereocenters. The van der Waals surface area contributed by atoms with Gasteiger partial charge in [-0.05, 0) is 94.7 Å². The van der Waals surface area contributed by atoms with Crippen molar-refractivity contribution in [2.45, 2.75) is 97.7 Å². The number of carbonyl (C=O) groups is 7. The van der Waals surface area contributed by atoms with E-state index in [2.05, 4.69) is 39.7 Å². The van der Waals surface area contributed by atoms with E-state index in [1.54, 1.807) is 13.8 Å². The third kappa shape index (κ3) is 26.4. The summed E-state index contributed by atoms with van der Waals surface area (Å²) < 4.78 is 20.2. The Morgan fingerprint density at radius 2 is 0.904 bits per heavy atom. The number of nitrogens with one attached hydrogen (secondary N) is 5. The molecule has 18 heteroatoms. The number of nitrogens with zero attached hydrogens (tertiary/aromatic N) is 1. The van der Waals surface area contributed by atoms with Gasteiger partial charge < -0.3 is 45.5 Å². The molecule has 0 aromatic rings. The maximum Gasteiger partial charge on any atom is 0.407 e. The van der Waals surface area contributed by atoms with Gasteiger partial charge in [0.1, 0.15) is 25.4 Å². The highest BCUT2D eigenvalue weighted by Crippen LogP contribution is 2.04. The Morgan fingerprint density at radius 1 is 0.558 bits per heavy atom. The zero-order valence-electron chi connectivity index (χ0n) is 31.1. The molecule has 0 heterocycles. The highest BCUT2D eigenvalue weighted by molar-refractivity contribution is 7.39. The fraction of sp³-hybridized carbons (Fsp3) is 0.676. The van der Waals surface area contributed by atoms with Gasteiger partial charge in [0.2, 0.25) is 5.65 Å². The minimum atomic E-state index is -0.631. The molecule has 0 saturated carbocycles. The van der Waals surface area contributed by atoms with Crippen molar-refractivity contribution < 1.29 is 52.5 Å². The topological polar surface area (TPSA) is 220 Å². The maximum atomic E-state index is 12.9. The summed E-state index contributed by atoms with van der Waals surface area (Å²) in [4.78, 5) is 84.8. The Bertz CT molecular complexity index is 1110. The van der Waals surface area contributed by atoms with Gasteiger partial charge >= 0.3 is 36.2 Å². The molecule has 0 bridgehead atoms. The number of hydrogen-bond acceptors (Lipinski definition) is 11. The van der Waals surface area contributed by atoms with Gasteiger partial charge in [0.05, 0.1) is 0 Å². The number of esters is 2. The van der Waals surface area contributed by atoms with Gasteiger partial charge in [0.25, 0.3) is 0 Å². The second-order valence-corrected chi connectivity index (χ2v) is 12.7. The van der Waals surface area contributed by atoms with Crippen LogP contribution in [0.1, 0.15) is 85.5 Å². The molecule has 52 heavy (non-hydrogen) atoms. The van der Waals surface area contributed by atoms with Gasteiger partial charge in [-0.1, -0.05) is 13.2 Å². The second kappa shape index (κ2) is 29.2. The Hall–Kier alpha value is -4.40. The molecule has 0 radical (unpaired) electrons. The van der Waals surface area contributed by atoms with Crippen molar-refractivity contribution in [3.05, 3.63) is 24.3 Å². The summed E-state index contributed by atoms with van der Waals surface area (Å²) in [7, 11) is 2.05. The molecule has 0 rings (SSSR count). The molecule has 0 aliphatic carbocycles. The molecule has 0 aliphatic heterocycles. The second-order valence-electron chi connectivity index (χ2n) is 12.1. The maximum absolute atomic E-state index is 12.9. The quantitative estimate of drug-likeness (QED) is 0.0276. The molecule has 0 fully saturated rings. The van der Waals surface area contributed by atoms with Gasteiger partial charge in [0, 0.05) is 50.4 Å². The van der Waals surface area contributed by atoms with Crippen LogP contribution in [0.3, 0.4) is 0 Å². The third-order valence-electron chi connectivity index (χ3n) is 6.86. The summed E-state index contributed by atoms with van der Waals surface area (Å²) >= 11 is 0. The molecule has 7 amide bonds. The number of alkyl carbamates (subject to hydrolysis) is 2. The lowest BCUT2D eigenvalue weighted by Crippen LogP contribution is -2.49. The van der Waals surface area contributed by atoms with Gasteiger partial charge in [-0.3, -0.25) is 4.79 Å².